The zero-order valence-corrected chi connectivity index (χ0v) is 19.2. The lowest BCUT2D eigenvalue weighted by Gasteiger charge is -2.62. The summed E-state index contributed by atoms with van der Waals surface area (Å²) in [4.78, 5) is 0. The summed E-state index contributed by atoms with van der Waals surface area (Å²) in [6, 6.07) is 0. The van der Waals surface area contributed by atoms with Crippen molar-refractivity contribution in [1.29, 1.82) is 0 Å². The van der Waals surface area contributed by atoms with Gasteiger partial charge in [0.1, 0.15) is 0 Å². The highest BCUT2D eigenvalue weighted by Gasteiger charge is 2.62. The Morgan fingerprint density at radius 2 is 1.50 bits per heavy atom. The summed E-state index contributed by atoms with van der Waals surface area (Å²) < 4.78 is 0. The van der Waals surface area contributed by atoms with Crippen molar-refractivity contribution in [3.8, 4) is 0 Å². The van der Waals surface area contributed by atoms with Gasteiger partial charge in [-0.15, -0.1) is 0 Å². The first kappa shape index (κ1) is 21.2. The minimum atomic E-state index is -0.136. The van der Waals surface area contributed by atoms with Crippen LogP contribution in [0.4, 0.5) is 0 Å². The van der Waals surface area contributed by atoms with Crippen LogP contribution in [0.1, 0.15) is 98.8 Å². The number of hydrogen-bond acceptors (Lipinski definition) is 2. The van der Waals surface area contributed by atoms with Gasteiger partial charge in [-0.3, -0.25) is 0 Å². The Labute approximate surface area is 173 Å². The molecule has 2 heteroatoms. The maximum absolute atomic E-state index is 11.3. The summed E-state index contributed by atoms with van der Waals surface area (Å²) in [5.41, 5.74) is 0.793. The molecule has 0 aromatic rings. The molecule has 0 radical (unpaired) electrons. The van der Waals surface area contributed by atoms with Crippen LogP contribution in [0.25, 0.3) is 0 Å². The summed E-state index contributed by atoms with van der Waals surface area (Å²) >= 11 is 0. The third-order valence-electron chi connectivity index (χ3n) is 10.6. The van der Waals surface area contributed by atoms with Crippen molar-refractivity contribution >= 4 is 0 Å². The van der Waals surface area contributed by atoms with Gasteiger partial charge in [-0.2, -0.15) is 0 Å². The summed E-state index contributed by atoms with van der Waals surface area (Å²) in [6.45, 7) is 12.3. The van der Waals surface area contributed by atoms with Crippen LogP contribution >= 0.6 is 0 Å². The third-order valence-corrected chi connectivity index (χ3v) is 10.6. The van der Waals surface area contributed by atoms with E-state index in [1.807, 2.05) is 0 Å². The molecular weight excluding hydrogens is 344 g/mol. The maximum atomic E-state index is 11.3. The summed E-state index contributed by atoms with van der Waals surface area (Å²) in [5.74, 6) is 4.92. The summed E-state index contributed by atoms with van der Waals surface area (Å²) in [5, 5.41) is 21.6. The van der Waals surface area contributed by atoms with E-state index < -0.39 is 0 Å². The zero-order chi connectivity index (χ0) is 20.3. The van der Waals surface area contributed by atoms with Crippen molar-refractivity contribution in [3.63, 3.8) is 0 Å². The zero-order valence-electron chi connectivity index (χ0n) is 19.2. The van der Waals surface area contributed by atoms with Crippen molar-refractivity contribution in [2.75, 3.05) is 0 Å². The van der Waals surface area contributed by atoms with E-state index in [0.717, 1.165) is 42.9 Å². The van der Waals surface area contributed by atoms with E-state index in [2.05, 4.69) is 34.6 Å². The maximum Gasteiger partial charge on any atom is 0.0577 e. The average Bonchev–Trinajstić information content (AvgIpc) is 2.98. The second kappa shape index (κ2) is 7.56. The fourth-order valence-corrected chi connectivity index (χ4v) is 8.97. The summed E-state index contributed by atoms with van der Waals surface area (Å²) in [6.07, 6.45) is 11.9. The topological polar surface area (TPSA) is 40.5 Å². The van der Waals surface area contributed by atoms with E-state index in [1.54, 1.807) is 0 Å². The van der Waals surface area contributed by atoms with Crippen molar-refractivity contribution in [3.05, 3.63) is 0 Å². The van der Waals surface area contributed by atoms with Gasteiger partial charge in [0.15, 0.2) is 0 Å². The van der Waals surface area contributed by atoms with Crippen LogP contribution < -0.4 is 0 Å². The van der Waals surface area contributed by atoms with Crippen LogP contribution in [0, 0.1) is 52.3 Å². The molecule has 4 fully saturated rings. The standard InChI is InChI=1S/C26H46O2/c1-16(2)6-7-17(3)20-8-9-21-24-22(11-13-26(20,21)5)25(4)12-10-19(27)14-18(25)15-23(24)28/h16-24,27-28H,6-15H2,1-5H3/t17-,18+,19-,20-,21+,22+,23+,24+,25+,26-/m1/s1. The van der Waals surface area contributed by atoms with Gasteiger partial charge in [-0.05, 0) is 104 Å². The van der Waals surface area contributed by atoms with Gasteiger partial charge in [-0.25, -0.2) is 0 Å². The molecule has 0 amide bonds. The van der Waals surface area contributed by atoms with Gasteiger partial charge >= 0.3 is 0 Å². The molecule has 0 aromatic carbocycles. The monoisotopic (exact) mass is 390 g/mol. The van der Waals surface area contributed by atoms with Crippen molar-refractivity contribution in [2.24, 2.45) is 52.3 Å². The van der Waals surface area contributed by atoms with E-state index >= 15 is 0 Å². The predicted molar refractivity (Wildman–Crippen MR) is 116 cm³/mol. The van der Waals surface area contributed by atoms with Gasteiger partial charge in [0.25, 0.3) is 0 Å². The van der Waals surface area contributed by atoms with Crippen molar-refractivity contribution in [1.82, 2.24) is 0 Å². The SMILES string of the molecule is CC(C)CC[C@@H](C)[C@H]1CC[C@H]2[C@@H]3[C@@H](O)C[C@@H]4C[C@H](O)CC[C@]4(C)[C@H]3CC[C@]12C. The van der Waals surface area contributed by atoms with Crippen LogP contribution in [-0.4, -0.2) is 22.4 Å². The highest BCUT2D eigenvalue weighted by Crippen LogP contribution is 2.68. The number of hydrogen-bond donors (Lipinski definition) is 2. The van der Waals surface area contributed by atoms with E-state index in [9.17, 15) is 10.2 Å². The lowest BCUT2D eigenvalue weighted by Crippen LogP contribution is -2.58. The number of aliphatic hydroxyl groups is 2. The van der Waals surface area contributed by atoms with E-state index in [0.29, 0.717) is 28.6 Å². The largest absolute Gasteiger partial charge is 0.393 e. The van der Waals surface area contributed by atoms with Crippen LogP contribution in [0.15, 0.2) is 0 Å². The molecule has 0 spiro atoms. The Bertz CT molecular complexity index is 559. The van der Waals surface area contributed by atoms with Crippen LogP contribution in [-0.2, 0) is 0 Å². The molecule has 162 valence electrons. The first-order valence-corrected chi connectivity index (χ1v) is 12.5. The Hall–Kier alpha value is -0.0800. The molecule has 0 saturated heterocycles. The summed E-state index contributed by atoms with van der Waals surface area (Å²) in [7, 11) is 0. The minimum absolute atomic E-state index is 0.131. The van der Waals surface area contributed by atoms with Gasteiger partial charge in [0, 0.05) is 0 Å². The van der Waals surface area contributed by atoms with Gasteiger partial charge in [-0.1, -0.05) is 47.5 Å². The molecule has 0 aliphatic heterocycles. The Kier molecular flexibility index (Phi) is 5.71. The molecule has 4 rings (SSSR count). The quantitative estimate of drug-likeness (QED) is 0.613. The second-order valence-corrected chi connectivity index (χ2v) is 12.4. The molecule has 2 nitrogen and oxygen atoms in total. The van der Waals surface area contributed by atoms with Crippen molar-refractivity contribution in [2.45, 2.75) is 111 Å². The molecule has 4 aliphatic carbocycles. The second-order valence-electron chi connectivity index (χ2n) is 12.4. The molecule has 0 aromatic heterocycles. The van der Waals surface area contributed by atoms with Crippen molar-refractivity contribution < 1.29 is 10.2 Å². The van der Waals surface area contributed by atoms with Crippen LogP contribution in [0.3, 0.4) is 0 Å². The molecular formula is C26H46O2. The first-order chi connectivity index (χ1) is 13.2. The van der Waals surface area contributed by atoms with Gasteiger partial charge in [0.05, 0.1) is 12.2 Å². The Morgan fingerprint density at radius 3 is 2.21 bits per heavy atom. The van der Waals surface area contributed by atoms with E-state index in [1.165, 1.54) is 44.9 Å². The average molecular weight is 391 g/mol. The van der Waals surface area contributed by atoms with Gasteiger partial charge < -0.3 is 10.2 Å². The van der Waals surface area contributed by atoms with Crippen LogP contribution in [0.2, 0.25) is 0 Å². The highest BCUT2D eigenvalue weighted by molar-refractivity contribution is 5.11. The number of rotatable bonds is 4. The normalized spacial score (nSPS) is 52.1. The first-order valence-electron chi connectivity index (χ1n) is 12.5. The lowest BCUT2D eigenvalue weighted by molar-refractivity contribution is -0.174. The molecule has 0 heterocycles. The van der Waals surface area contributed by atoms with Crippen LogP contribution in [0.5, 0.6) is 0 Å². The predicted octanol–water partition coefficient (Wildman–Crippen LogP) is 6.05. The molecule has 2 N–H and O–H groups in total. The number of fused-ring (bicyclic) bond motifs is 5. The minimum Gasteiger partial charge on any atom is -0.393 e. The molecule has 28 heavy (non-hydrogen) atoms. The smallest absolute Gasteiger partial charge is 0.0577 e. The van der Waals surface area contributed by atoms with E-state index in [4.69, 9.17) is 0 Å². The third kappa shape index (κ3) is 3.29. The van der Waals surface area contributed by atoms with E-state index in [-0.39, 0.29) is 12.2 Å². The Morgan fingerprint density at radius 1 is 0.821 bits per heavy atom. The lowest BCUT2D eigenvalue weighted by atomic mass is 9.43. The highest BCUT2D eigenvalue weighted by atomic mass is 16.3. The number of aliphatic hydroxyl groups excluding tert-OH is 2. The molecule has 0 bridgehead atoms. The molecule has 4 aliphatic rings. The molecule has 4 saturated carbocycles. The fourth-order valence-electron chi connectivity index (χ4n) is 8.97. The fraction of sp³-hybridized carbons (Fsp3) is 1.00. The molecule has 10 atom stereocenters. The Balaban J connectivity index is 1.55. The molecule has 0 unspecified atom stereocenters. The van der Waals surface area contributed by atoms with Gasteiger partial charge in [0.2, 0.25) is 0 Å².